The van der Waals surface area contributed by atoms with Gasteiger partial charge in [0.15, 0.2) is 5.96 Å². The normalized spacial score (nSPS) is 10.8. The molecule has 0 atom stereocenters. The zero-order chi connectivity index (χ0) is 15.6. The van der Waals surface area contributed by atoms with Gasteiger partial charge >= 0.3 is 0 Å². The third-order valence-electron chi connectivity index (χ3n) is 3.12. The molecule has 0 aliphatic carbocycles. The van der Waals surface area contributed by atoms with Gasteiger partial charge in [-0.3, -0.25) is 0 Å². The molecule has 0 amide bonds. The van der Waals surface area contributed by atoms with Crippen LogP contribution < -0.4 is 15.4 Å². The minimum atomic E-state index is 0. The Morgan fingerprint density at radius 2 is 2.04 bits per heavy atom. The maximum absolute atomic E-state index is 5.24. The summed E-state index contributed by atoms with van der Waals surface area (Å²) in [6, 6.07) is 7.90. The smallest absolute Gasteiger partial charge is 0.218 e. The van der Waals surface area contributed by atoms with E-state index in [9.17, 15) is 0 Å². The third kappa shape index (κ3) is 6.47. The largest absolute Gasteiger partial charge is 0.481 e. The number of aliphatic imine (C=N–C) groups is 1. The van der Waals surface area contributed by atoms with E-state index in [0.717, 1.165) is 31.2 Å². The van der Waals surface area contributed by atoms with Gasteiger partial charge in [0.25, 0.3) is 0 Å². The van der Waals surface area contributed by atoms with E-state index in [4.69, 9.17) is 4.74 Å². The number of halogens is 1. The Bertz CT molecular complexity index is 586. The number of aromatic nitrogens is 2. The van der Waals surface area contributed by atoms with E-state index >= 15 is 0 Å². The number of guanidine groups is 1. The van der Waals surface area contributed by atoms with Crippen molar-refractivity contribution in [2.75, 3.05) is 20.2 Å². The van der Waals surface area contributed by atoms with Crippen LogP contribution in [0.4, 0.5) is 0 Å². The van der Waals surface area contributed by atoms with Gasteiger partial charge in [-0.1, -0.05) is 6.07 Å². The quantitative estimate of drug-likeness (QED) is 0.403. The first-order valence-electron chi connectivity index (χ1n) is 7.44. The number of hydrogen-bond acceptors (Lipinski definition) is 3. The van der Waals surface area contributed by atoms with Crippen LogP contribution in [0.25, 0.3) is 0 Å². The standard InChI is InChI=1S/C16H23N5O.HI/c1-3-17-16(19-9-12-21-10-4-5-11-21)20-13-14-7-6-8-18-15(14)22-2;/h4-8,10-11H,3,9,12-13H2,1-2H3,(H2,17,19,20);1H. The van der Waals surface area contributed by atoms with Gasteiger partial charge in [-0.05, 0) is 25.1 Å². The second kappa shape index (κ2) is 10.9. The van der Waals surface area contributed by atoms with Crippen LogP contribution >= 0.6 is 24.0 Å². The van der Waals surface area contributed by atoms with Gasteiger partial charge in [0.2, 0.25) is 5.88 Å². The lowest BCUT2D eigenvalue weighted by Gasteiger charge is -2.12. The van der Waals surface area contributed by atoms with E-state index in [1.54, 1.807) is 13.3 Å². The number of rotatable bonds is 7. The molecular formula is C16H24IN5O. The van der Waals surface area contributed by atoms with E-state index in [0.29, 0.717) is 12.4 Å². The molecule has 0 fully saturated rings. The Morgan fingerprint density at radius 3 is 2.74 bits per heavy atom. The van der Waals surface area contributed by atoms with Gasteiger partial charge in [-0.15, -0.1) is 24.0 Å². The highest BCUT2D eigenvalue weighted by Gasteiger charge is 2.03. The molecule has 0 saturated heterocycles. The molecule has 2 N–H and O–H groups in total. The van der Waals surface area contributed by atoms with Crippen LogP contribution in [0.2, 0.25) is 0 Å². The van der Waals surface area contributed by atoms with Crippen molar-refractivity contribution < 1.29 is 4.74 Å². The summed E-state index contributed by atoms with van der Waals surface area (Å²) in [7, 11) is 1.62. The van der Waals surface area contributed by atoms with Crippen LogP contribution in [0.5, 0.6) is 5.88 Å². The van der Waals surface area contributed by atoms with Crippen molar-refractivity contribution >= 4 is 29.9 Å². The van der Waals surface area contributed by atoms with Crippen molar-refractivity contribution in [3.63, 3.8) is 0 Å². The maximum Gasteiger partial charge on any atom is 0.218 e. The molecule has 126 valence electrons. The predicted molar refractivity (Wildman–Crippen MR) is 103 cm³/mol. The molecule has 0 aliphatic heterocycles. The van der Waals surface area contributed by atoms with Crippen molar-refractivity contribution in [1.82, 2.24) is 20.2 Å². The van der Waals surface area contributed by atoms with E-state index in [1.807, 2.05) is 43.6 Å². The van der Waals surface area contributed by atoms with Crippen LogP contribution in [0.15, 0.2) is 47.8 Å². The van der Waals surface area contributed by atoms with Crippen molar-refractivity contribution in [2.45, 2.75) is 20.0 Å². The van der Waals surface area contributed by atoms with Crippen LogP contribution in [-0.2, 0) is 13.1 Å². The summed E-state index contributed by atoms with van der Waals surface area (Å²) in [4.78, 5) is 8.76. The van der Waals surface area contributed by atoms with E-state index in [2.05, 4.69) is 25.2 Å². The molecule has 2 aromatic heterocycles. The summed E-state index contributed by atoms with van der Waals surface area (Å²) >= 11 is 0. The molecule has 7 heteroatoms. The fraction of sp³-hybridized carbons (Fsp3) is 0.375. The number of pyridine rings is 1. The first-order valence-corrected chi connectivity index (χ1v) is 7.44. The first-order chi connectivity index (χ1) is 10.8. The average Bonchev–Trinajstić information content (AvgIpc) is 3.06. The zero-order valence-electron chi connectivity index (χ0n) is 13.5. The molecule has 2 rings (SSSR count). The predicted octanol–water partition coefficient (Wildman–Crippen LogP) is 2.27. The van der Waals surface area contributed by atoms with Crippen molar-refractivity contribution in [2.24, 2.45) is 4.99 Å². The molecule has 2 heterocycles. The van der Waals surface area contributed by atoms with Gasteiger partial charge in [-0.25, -0.2) is 9.98 Å². The molecule has 0 bridgehead atoms. The van der Waals surface area contributed by atoms with Gasteiger partial charge in [0.1, 0.15) is 0 Å². The molecule has 0 spiro atoms. The summed E-state index contributed by atoms with van der Waals surface area (Å²) in [5, 5.41) is 6.56. The minimum absolute atomic E-state index is 0. The minimum Gasteiger partial charge on any atom is -0.481 e. The molecule has 0 aromatic carbocycles. The second-order valence-corrected chi connectivity index (χ2v) is 4.71. The highest BCUT2D eigenvalue weighted by atomic mass is 127. The van der Waals surface area contributed by atoms with Crippen LogP contribution in [0, 0.1) is 0 Å². The van der Waals surface area contributed by atoms with E-state index < -0.39 is 0 Å². The number of ether oxygens (including phenoxy) is 1. The van der Waals surface area contributed by atoms with Crippen molar-refractivity contribution in [3.8, 4) is 5.88 Å². The fourth-order valence-corrected chi connectivity index (χ4v) is 2.06. The van der Waals surface area contributed by atoms with Gasteiger partial charge < -0.3 is 19.9 Å². The molecule has 0 aliphatic rings. The molecule has 2 aromatic rings. The Hall–Kier alpha value is -1.77. The van der Waals surface area contributed by atoms with Crippen LogP contribution in [0.1, 0.15) is 12.5 Å². The molecule has 6 nitrogen and oxygen atoms in total. The summed E-state index contributed by atoms with van der Waals surface area (Å²) in [5.74, 6) is 1.41. The monoisotopic (exact) mass is 429 g/mol. The van der Waals surface area contributed by atoms with Crippen LogP contribution in [-0.4, -0.2) is 35.7 Å². The lowest BCUT2D eigenvalue weighted by Crippen LogP contribution is -2.38. The van der Waals surface area contributed by atoms with Gasteiger partial charge in [0.05, 0.1) is 13.7 Å². The number of methoxy groups -OCH3 is 1. The zero-order valence-corrected chi connectivity index (χ0v) is 15.9. The first kappa shape index (κ1) is 19.3. The number of hydrogen-bond donors (Lipinski definition) is 2. The Morgan fingerprint density at radius 1 is 1.26 bits per heavy atom. The highest BCUT2D eigenvalue weighted by Crippen LogP contribution is 2.14. The summed E-state index contributed by atoms with van der Waals surface area (Å²) < 4.78 is 7.37. The number of nitrogens with one attached hydrogen (secondary N) is 2. The molecule has 0 radical (unpaired) electrons. The SMILES string of the molecule is CCNC(=NCc1cccnc1OC)NCCn1cccc1.I. The van der Waals surface area contributed by atoms with Gasteiger partial charge in [-0.2, -0.15) is 0 Å². The molecule has 0 unspecified atom stereocenters. The summed E-state index contributed by atoms with van der Waals surface area (Å²) in [6.45, 7) is 5.10. The average molecular weight is 429 g/mol. The summed E-state index contributed by atoms with van der Waals surface area (Å²) in [5.41, 5.74) is 0.965. The van der Waals surface area contributed by atoms with E-state index in [1.165, 1.54) is 0 Å². The summed E-state index contributed by atoms with van der Waals surface area (Å²) in [6.07, 6.45) is 5.81. The van der Waals surface area contributed by atoms with Crippen molar-refractivity contribution in [1.29, 1.82) is 0 Å². The second-order valence-electron chi connectivity index (χ2n) is 4.71. The molecule has 0 saturated carbocycles. The van der Waals surface area contributed by atoms with Gasteiger partial charge in [0, 0.05) is 43.8 Å². The lowest BCUT2D eigenvalue weighted by molar-refractivity contribution is 0.392. The maximum atomic E-state index is 5.24. The van der Waals surface area contributed by atoms with Crippen molar-refractivity contribution in [3.05, 3.63) is 48.4 Å². The Balaban J connectivity index is 0.00000264. The Labute approximate surface area is 154 Å². The van der Waals surface area contributed by atoms with E-state index in [-0.39, 0.29) is 24.0 Å². The lowest BCUT2D eigenvalue weighted by atomic mass is 10.3. The third-order valence-corrected chi connectivity index (χ3v) is 3.12. The van der Waals surface area contributed by atoms with Crippen LogP contribution in [0.3, 0.4) is 0 Å². The molecular weight excluding hydrogens is 405 g/mol. The Kier molecular flexibility index (Phi) is 9.11. The highest BCUT2D eigenvalue weighted by molar-refractivity contribution is 14.0. The molecule has 23 heavy (non-hydrogen) atoms. The number of nitrogens with zero attached hydrogens (tertiary/aromatic N) is 3. The fourth-order valence-electron chi connectivity index (χ4n) is 2.06. The topological polar surface area (TPSA) is 63.5 Å².